The molecule has 2 nitrogen and oxygen atoms in total. The Morgan fingerprint density at radius 1 is 1.12 bits per heavy atom. The molecule has 0 aliphatic carbocycles. The van der Waals surface area contributed by atoms with Gasteiger partial charge in [0.25, 0.3) is 0 Å². The standard InChI is InChI=1S/C19H18ClNOS.ClH/c1-21-10-8-18(19-13(12-21)9-11-23-19)22-17-7-6-16(20)14-4-2-3-5-15(14)17;/h2-7,9,11,18H,8,10,12H2,1H3;1H. The van der Waals surface area contributed by atoms with E-state index in [0.29, 0.717) is 0 Å². The fourth-order valence-corrected chi connectivity index (χ4v) is 4.41. The molecule has 0 spiro atoms. The van der Waals surface area contributed by atoms with Crippen LogP contribution in [0.4, 0.5) is 0 Å². The van der Waals surface area contributed by atoms with Crippen LogP contribution in [-0.4, -0.2) is 18.5 Å². The van der Waals surface area contributed by atoms with Gasteiger partial charge in [0.15, 0.2) is 0 Å². The molecule has 2 aromatic carbocycles. The fourth-order valence-electron chi connectivity index (χ4n) is 3.20. The van der Waals surface area contributed by atoms with Crippen molar-refractivity contribution in [2.75, 3.05) is 13.6 Å². The molecule has 0 saturated carbocycles. The summed E-state index contributed by atoms with van der Waals surface area (Å²) in [6, 6.07) is 14.3. The summed E-state index contributed by atoms with van der Waals surface area (Å²) < 4.78 is 6.46. The largest absolute Gasteiger partial charge is 0.484 e. The Balaban J connectivity index is 0.00000169. The van der Waals surface area contributed by atoms with Gasteiger partial charge in [0.05, 0.1) is 0 Å². The summed E-state index contributed by atoms with van der Waals surface area (Å²) in [6.07, 6.45) is 1.11. The highest BCUT2D eigenvalue weighted by Gasteiger charge is 2.24. The van der Waals surface area contributed by atoms with Gasteiger partial charge in [-0.05, 0) is 36.2 Å². The van der Waals surface area contributed by atoms with Gasteiger partial charge in [-0.25, -0.2) is 0 Å². The van der Waals surface area contributed by atoms with E-state index in [1.165, 1.54) is 10.4 Å². The lowest BCUT2D eigenvalue weighted by atomic mass is 10.1. The maximum absolute atomic E-state index is 6.46. The summed E-state index contributed by atoms with van der Waals surface area (Å²) in [5.41, 5.74) is 1.39. The van der Waals surface area contributed by atoms with Gasteiger partial charge in [-0.3, -0.25) is 0 Å². The van der Waals surface area contributed by atoms with Crippen molar-refractivity contribution in [3.05, 3.63) is 63.3 Å². The molecule has 0 amide bonds. The molecule has 5 heteroatoms. The lowest BCUT2D eigenvalue weighted by Crippen LogP contribution is -2.18. The molecule has 4 rings (SSSR count). The molecular formula is C19H19Cl2NOS. The highest BCUT2D eigenvalue weighted by atomic mass is 35.5. The minimum absolute atomic E-state index is 0. The number of rotatable bonds is 2. The predicted molar refractivity (Wildman–Crippen MR) is 105 cm³/mol. The van der Waals surface area contributed by atoms with Crippen LogP contribution in [0.1, 0.15) is 23.0 Å². The number of hydrogen-bond donors (Lipinski definition) is 0. The first-order chi connectivity index (χ1) is 11.2. The van der Waals surface area contributed by atoms with Crippen molar-refractivity contribution in [1.82, 2.24) is 4.90 Å². The van der Waals surface area contributed by atoms with Crippen molar-refractivity contribution in [2.45, 2.75) is 19.1 Å². The van der Waals surface area contributed by atoms with Crippen LogP contribution in [-0.2, 0) is 6.54 Å². The normalized spacial score (nSPS) is 17.8. The monoisotopic (exact) mass is 379 g/mol. The molecule has 1 unspecified atom stereocenters. The Labute approximate surface area is 157 Å². The van der Waals surface area contributed by atoms with Crippen LogP contribution in [0.2, 0.25) is 5.02 Å². The van der Waals surface area contributed by atoms with E-state index in [1.54, 1.807) is 11.3 Å². The minimum atomic E-state index is 0. The van der Waals surface area contributed by atoms with Crippen molar-refractivity contribution in [3.8, 4) is 5.75 Å². The molecule has 0 bridgehead atoms. The quantitative estimate of drug-likeness (QED) is 0.546. The summed E-state index contributed by atoms with van der Waals surface area (Å²) >= 11 is 8.12. The molecule has 126 valence electrons. The third-order valence-electron chi connectivity index (χ3n) is 4.39. The van der Waals surface area contributed by atoms with Gasteiger partial charge in [0, 0.05) is 40.2 Å². The van der Waals surface area contributed by atoms with Gasteiger partial charge >= 0.3 is 0 Å². The van der Waals surface area contributed by atoms with Gasteiger partial charge in [0.1, 0.15) is 11.9 Å². The second-order valence-electron chi connectivity index (χ2n) is 6.03. The first-order valence-corrected chi connectivity index (χ1v) is 9.07. The molecule has 2 heterocycles. The average Bonchev–Trinajstić information content (AvgIpc) is 2.96. The van der Waals surface area contributed by atoms with Crippen LogP contribution in [0.25, 0.3) is 10.8 Å². The Morgan fingerprint density at radius 3 is 2.75 bits per heavy atom. The van der Waals surface area contributed by atoms with E-state index in [-0.39, 0.29) is 18.5 Å². The number of halogens is 2. The zero-order valence-electron chi connectivity index (χ0n) is 13.4. The topological polar surface area (TPSA) is 12.5 Å². The first kappa shape index (κ1) is 17.6. The van der Waals surface area contributed by atoms with Crippen LogP contribution >= 0.6 is 35.3 Å². The average molecular weight is 380 g/mol. The second kappa shape index (κ2) is 7.32. The highest BCUT2D eigenvalue weighted by Crippen LogP contribution is 2.38. The minimum Gasteiger partial charge on any atom is -0.484 e. The van der Waals surface area contributed by atoms with E-state index in [9.17, 15) is 0 Å². The number of hydrogen-bond acceptors (Lipinski definition) is 3. The molecular weight excluding hydrogens is 361 g/mol. The first-order valence-electron chi connectivity index (χ1n) is 7.81. The van der Waals surface area contributed by atoms with Crippen molar-refractivity contribution in [3.63, 3.8) is 0 Å². The molecule has 1 atom stereocenters. The number of thiophene rings is 1. The lowest BCUT2D eigenvalue weighted by Gasteiger charge is -2.19. The van der Waals surface area contributed by atoms with Crippen LogP contribution in [0.15, 0.2) is 47.8 Å². The van der Waals surface area contributed by atoms with E-state index in [4.69, 9.17) is 16.3 Å². The van der Waals surface area contributed by atoms with E-state index >= 15 is 0 Å². The van der Waals surface area contributed by atoms with Gasteiger partial charge in [-0.15, -0.1) is 23.7 Å². The highest BCUT2D eigenvalue weighted by molar-refractivity contribution is 7.10. The van der Waals surface area contributed by atoms with E-state index in [1.807, 2.05) is 30.3 Å². The Kier molecular flexibility index (Phi) is 5.36. The van der Waals surface area contributed by atoms with Crippen molar-refractivity contribution < 1.29 is 4.74 Å². The number of ether oxygens (including phenoxy) is 1. The molecule has 1 aliphatic heterocycles. The van der Waals surface area contributed by atoms with Crippen molar-refractivity contribution in [1.29, 1.82) is 0 Å². The SMILES string of the molecule is CN1CCC(Oc2ccc(Cl)c3ccccc23)c2sccc2C1.Cl. The molecule has 0 radical (unpaired) electrons. The maximum atomic E-state index is 6.46. The van der Waals surface area contributed by atoms with Crippen LogP contribution in [0.3, 0.4) is 0 Å². The van der Waals surface area contributed by atoms with E-state index < -0.39 is 0 Å². The smallest absolute Gasteiger partial charge is 0.134 e. The third kappa shape index (κ3) is 3.27. The van der Waals surface area contributed by atoms with Crippen LogP contribution in [0.5, 0.6) is 5.75 Å². The molecule has 1 aromatic heterocycles. The van der Waals surface area contributed by atoms with Crippen molar-refractivity contribution in [2.24, 2.45) is 0 Å². The summed E-state index contributed by atoms with van der Waals surface area (Å²) in [7, 11) is 2.17. The Morgan fingerprint density at radius 2 is 1.92 bits per heavy atom. The number of fused-ring (bicyclic) bond motifs is 2. The van der Waals surface area contributed by atoms with Gasteiger partial charge < -0.3 is 9.64 Å². The van der Waals surface area contributed by atoms with Gasteiger partial charge in [-0.1, -0.05) is 35.9 Å². The molecule has 0 fully saturated rings. The fraction of sp³-hybridized carbons (Fsp3) is 0.263. The molecule has 24 heavy (non-hydrogen) atoms. The Hall–Kier alpha value is -1.26. The van der Waals surface area contributed by atoms with E-state index in [0.717, 1.165) is 41.1 Å². The summed E-state index contributed by atoms with van der Waals surface area (Å²) in [5.74, 6) is 0.916. The molecule has 3 aromatic rings. The predicted octanol–water partition coefficient (Wildman–Crippen LogP) is 5.93. The van der Waals surface area contributed by atoms with Crippen molar-refractivity contribution >= 4 is 46.1 Å². The molecule has 0 N–H and O–H groups in total. The summed E-state index contributed by atoms with van der Waals surface area (Å²) in [6.45, 7) is 2.04. The summed E-state index contributed by atoms with van der Waals surface area (Å²) in [5, 5.41) is 5.06. The van der Waals surface area contributed by atoms with Crippen LogP contribution in [0, 0.1) is 0 Å². The zero-order valence-corrected chi connectivity index (χ0v) is 15.8. The molecule has 1 aliphatic rings. The lowest BCUT2D eigenvalue weighted by molar-refractivity contribution is 0.187. The van der Waals surface area contributed by atoms with Crippen LogP contribution < -0.4 is 4.74 Å². The van der Waals surface area contributed by atoms with Gasteiger partial charge in [-0.2, -0.15) is 0 Å². The Bertz CT molecular complexity index is 848. The van der Waals surface area contributed by atoms with Gasteiger partial charge in [0.2, 0.25) is 0 Å². The summed E-state index contributed by atoms with van der Waals surface area (Å²) in [4.78, 5) is 3.71. The number of benzene rings is 2. The van der Waals surface area contributed by atoms with E-state index in [2.05, 4.69) is 29.5 Å². The maximum Gasteiger partial charge on any atom is 0.134 e. The second-order valence-corrected chi connectivity index (χ2v) is 7.39. The zero-order chi connectivity index (χ0) is 15.8. The number of nitrogens with zero attached hydrogens (tertiary/aromatic N) is 1. The third-order valence-corrected chi connectivity index (χ3v) is 5.77. The molecule has 0 saturated heterocycles.